The van der Waals surface area contributed by atoms with Crippen molar-refractivity contribution >= 4 is 38.4 Å². The summed E-state index contributed by atoms with van der Waals surface area (Å²) in [4.78, 5) is 31.3. The van der Waals surface area contributed by atoms with Crippen LogP contribution >= 0.6 is 0 Å². The van der Waals surface area contributed by atoms with Crippen LogP contribution in [0.25, 0.3) is 10.9 Å². The minimum Gasteiger partial charge on any atom is -0.451 e. The second-order valence-corrected chi connectivity index (χ2v) is 10.5. The van der Waals surface area contributed by atoms with Gasteiger partial charge in [0.1, 0.15) is 0 Å². The number of nitrogens with zero attached hydrogens (tertiary/aromatic N) is 2. The van der Waals surface area contributed by atoms with Crippen LogP contribution in [0, 0.1) is 0 Å². The molecule has 4 rings (SSSR count). The van der Waals surface area contributed by atoms with Gasteiger partial charge in [0.05, 0.1) is 16.1 Å². The number of Topliss-reactive ketones (excluding diaryl/α,β-unsaturated/α-hetero) is 1. The molecule has 1 aromatic heterocycles. The maximum absolute atomic E-state index is 13.2. The third kappa shape index (κ3) is 4.38. The van der Waals surface area contributed by atoms with Crippen LogP contribution in [0.3, 0.4) is 0 Å². The summed E-state index contributed by atoms with van der Waals surface area (Å²) in [6, 6.07) is 11.9. The topological polar surface area (TPSA) is 99.8 Å². The molecule has 0 saturated carbocycles. The molecule has 1 N–H and O–H groups in total. The quantitative estimate of drug-likeness (QED) is 0.420. The van der Waals surface area contributed by atoms with Gasteiger partial charge in [-0.2, -0.15) is 0 Å². The molecule has 9 heteroatoms. The molecule has 1 unspecified atom stereocenters. The lowest BCUT2D eigenvalue weighted by molar-refractivity contribution is 0.0319. The normalized spacial score (nSPS) is 15.2. The minimum absolute atomic E-state index is 0.00185. The van der Waals surface area contributed by atoms with Gasteiger partial charge in [0.2, 0.25) is 15.8 Å². The van der Waals surface area contributed by atoms with Crippen LogP contribution in [0.5, 0.6) is 0 Å². The SMILES string of the molecule is CC(OC(=O)c1cc(S(=O)(=O)N(C)C)ccc1N1CCCC1)C(=O)c1c[nH]c2ccccc12. The van der Waals surface area contributed by atoms with Gasteiger partial charge >= 0.3 is 5.97 Å². The van der Waals surface area contributed by atoms with Gasteiger partial charge in [0, 0.05) is 49.8 Å². The number of H-pyrrole nitrogens is 1. The van der Waals surface area contributed by atoms with E-state index in [0.717, 1.165) is 41.1 Å². The third-order valence-corrected chi connectivity index (χ3v) is 7.73. The van der Waals surface area contributed by atoms with Crippen LogP contribution in [-0.4, -0.2) is 62.7 Å². The Labute approximate surface area is 193 Å². The monoisotopic (exact) mass is 469 g/mol. The summed E-state index contributed by atoms with van der Waals surface area (Å²) in [5.74, 6) is -1.06. The first kappa shape index (κ1) is 23.0. The van der Waals surface area contributed by atoms with Gasteiger partial charge in [-0.15, -0.1) is 0 Å². The summed E-state index contributed by atoms with van der Waals surface area (Å²) in [6.07, 6.45) is 2.54. The molecule has 1 atom stereocenters. The molecule has 8 nitrogen and oxygen atoms in total. The van der Waals surface area contributed by atoms with Gasteiger partial charge in [-0.05, 0) is 44.0 Å². The lowest BCUT2D eigenvalue weighted by Gasteiger charge is -2.22. The molecule has 2 heterocycles. The highest BCUT2D eigenvalue weighted by atomic mass is 32.2. The van der Waals surface area contributed by atoms with E-state index in [1.165, 1.54) is 33.2 Å². The number of fused-ring (bicyclic) bond motifs is 1. The molecule has 1 saturated heterocycles. The highest BCUT2D eigenvalue weighted by molar-refractivity contribution is 7.89. The molecule has 0 amide bonds. The van der Waals surface area contributed by atoms with Crippen LogP contribution < -0.4 is 4.90 Å². The van der Waals surface area contributed by atoms with Crippen molar-refractivity contribution in [2.75, 3.05) is 32.1 Å². The maximum Gasteiger partial charge on any atom is 0.341 e. The van der Waals surface area contributed by atoms with Crippen molar-refractivity contribution in [2.45, 2.75) is 30.8 Å². The molecule has 2 aromatic carbocycles. The lowest BCUT2D eigenvalue weighted by Crippen LogP contribution is -2.27. The molecule has 3 aromatic rings. The number of esters is 1. The first-order valence-corrected chi connectivity index (χ1v) is 12.3. The Hall–Kier alpha value is -3.17. The number of rotatable bonds is 7. The highest BCUT2D eigenvalue weighted by Crippen LogP contribution is 2.29. The molecule has 33 heavy (non-hydrogen) atoms. The zero-order chi connectivity index (χ0) is 23.8. The van der Waals surface area contributed by atoms with E-state index in [0.29, 0.717) is 11.3 Å². The molecular weight excluding hydrogens is 442 g/mol. The number of ketones is 1. The Morgan fingerprint density at radius 2 is 1.76 bits per heavy atom. The predicted molar refractivity (Wildman–Crippen MR) is 126 cm³/mol. The van der Waals surface area contributed by atoms with E-state index < -0.39 is 22.1 Å². The summed E-state index contributed by atoms with van der Waals surface area (Å²) >= 11 is 0. The van der Waals surface area contributed by atoms with Crippen LogP contribution in [0.1, 0.15) is 40.5 Å². The number of sulfonamides is 1. The number of ether oxygens (including phenoxy) is 1. The van der Waals surface area contributed by atoms with E-state index in [1.807, 2.05) is 29.2 Å². The van der Waals surface area contributed by atoms with E-state index >= 15 is 0 Å². The van der Waals surface area contributed by atoms with E-state index in [9.17, 15) is 18.0 Å². The number of hydrogen-bond acceptors (Lipinski definition) is 6. The molecule has 1 fully saturated rings. The molecule has 1 aliphatic heterocycles. The first-order valence-electron chi connectivity index (χ1n) is 10.8. The maximum atomic E-state index is 13.2. The zero-order valence-electron chi connectivity index (χ0n) is 18.9. The van der Waals surface area contributed by atoms with Crippen LogP contribution in [0.4, 0.5) is 5.69 Å². The van der Waals surface area contributed by atoms with Gasteiger partial charge in [0.15, 0.2) is 6.10 Å². The van der Waals surface area contributed by atoms with Gasteiger partial charge in [-0.3, -0.25) is 4.79 Å². The van der Waals surface area contributed by atoms with E-state index in [4.69, 9.17) is 4.74 Å². The number of para-hydroxylation sites is 1. The van der Waals surface area contributed by atoms with Gasteiger partial charge in [-0.1, -0.05) is 18.2 Å². The smallest absolute Gasteiger partial charge is 0.341 e. The summed E-state index contributed by atoms with van der Waals surface area (Å²) in [7, 11) is -0.873. The van der Waals surface area contributed by atoms with Crippen molar-refractivity contribution in [3.63, 3.8) is 0 Å². The lowest BCUT2D eigenvalue weighted by atomic mass is 10.1. The standard InChI is InChI=1S/C24H27N3O5S/c1-16(23(28)20-15-25-21-9-5-4-8-18(20)21)32-24(29)19-14-17(33(30,31)26(2)3)10-11-22(19)27-12-6-7-13-27/h4-5,8-11,14-16,25H,6-7,12-13H2,1-3H3. The van der Waals surface area contributed by atoms with Gasteiger partial charge in [-0.25, -0.2) is 17.5 Å². The molecule has 0 bridgehead atoms. The number of benzene rings is 2. The Kier molecular flexibility index (Phi) is 6.27. The molecule has 0 radical (unpaired) electrons. The Balaban J connectivity index is 1.65. The van der Waals surface area contributed by atoms with Gasteiger partial charge < -0.3 is 14.6 Å². The van der Waals surface area contributed by atoms with Crippen molar-refractivity contribution in [1.82, 2.24) is 9.29 Å². The number of carbonyl (C=O) groups excluding carboxylic acids is 2. The number of aromatic nitrogens is 1. The first-order chi connectivity index (χ1) is 15.7. The van der Waals surface area contributed by atoms with Crippen LogP contribution in [0.2, 0.25) is 0 Å². The average molecular weight is 470 g/mol. The van der Waals surface area contributed by atoms with Crippen molar-refractivity contribution in [2.24, 2.45) is 0 Å². The molecular formula is C24H27N3O5S. The van der Waals surface area contributed by atoms with Crippen LogP contribution in [0.15, 0.2) is 53.6 Å². The van der Waals surface area contributed by atoms with Crippen molar-refractivity contribution in [3.8, 4) is 0 Å². The Morgan fingerprint density at radius 3 is 2.45 bits per heavy atom. The predicted octanol–water partition coefficient (Wildman–Crippen LogP) is 3.45. The fraction of sp³-hybridized carbons (Fsp3) is 0.333. The summed E-state index contributed by atoms with van der Waals surface area (Å²) in [6.45, 7) is 3.06. The fourth-order valence-corrected chi connectivity index (χ4v) is 4.98. The number of aromatic amines is 1. The van der Waals surface area contributed by atoms with Crippen molar-refractivity contribution in [3.05, 3.63) is 59.8 Å². The Bertz CT molecular complexity index is 1310. The second-order valence-electron chi connectivity index (χ2n) is 8.32. The zero-order valence-corrected chi connectivity index (χ0v) is 19.7. The number of anilines is 1. The van der Waals surface area contributed by atoms with Gasteiger partial charge in [0.25, 0.3) is 0 Å². The average Bonchev–Trinajstić information content (AvgIpc) is 3.48. The second kappa shape index (κ2) is 8.99. The van der Waals surface area contributed by atoms with E-state index in [-0.39, 0.29) is 16.2 Å². The summed E-state index contributed by atoms with van der Waals surface area (Å²) in [5.41, 5.74) is 2.01. The summed E-state index contributed by atoms with van der Waals surface area (Å²) < 4.78 is 32.0. The highest BCUT2D eigenvalue weighted by Gasteiger charge is 2.28. The third-order valence-electron chi connectivity index (χ3n) is 5.92. The summed E-state index contributed by atoms with van der Waals surface area (Å²) in [5, 5.41) is 0.752. The molecule has 174 valence electrons. The number of nitrogens with one attached hydrogen (secondary N) is 1. The van der Waals surface area contributed by atoms with E-state index in [1.54, 1.807) is 12.3 Å². The largest absolute Gasteiger partial charge is 0.451 e. The molecule has 0 aliphatic carbocycles. The fourth-order valence-electron chi connectivity index (χ4n) is 4.06. The minimum atomic E-state index is -3.74. The van der Waals surface area contributed by atoms with E-state index in [2.05, 4.69) is 4.98 Å². The van der Waals surface area contributed by atoms with Crippen molar-refractivity contribution in [1.29, 1.82) is 0 Å². The van der Waals surface area contributed by atoms with Crippen molar-refractivity contribution < 1.29 is 22.7 Å². The van der Waals surface area contributed by atoms with Crippen LogP contribution in [-0.2, 0) is 14.8 Å². The number of hydrogen-bond donors (Lipinski definition) is 1. The molecule has 0 spiro atoms. The number of carbonyl (C=O) groups is 2. The molecule has 1 aliphatic rings. The Morgan fingerprint density at radius 1 is 1.06 bits per heavy atom.